The van der Waals surface area contributed by atoms with Crippen LogP contribution in [0, 0.1) is 22.7 Å². The van der Waals surface area contributed by atoms with Crippen LogP contribution >= 0.6 is 0 Å². The van der Waals surface area contributed by atoms with Crippen molar-refractivity contribution in [3.05, 3.63) is 12.2 Å². The van der Waals surface area contributed by atoms with Crippen LogP contribution in [0.25, 0.3) is 0 Å². The van der Waals surface area contributed by atoms with Crippen LogP contribution in [0.2, 0.25) is 0 Å². The Kier molecular flexibility index (Phi) is 3.19. The maximum atomic E-state index is 12.5. The predicted octanol–water partition coefficient (Wildman–Crippen LogP) is 2.86. The van der Waals surface area contributed by atoms with Crippen LogP contribution in [-0.4, -0.2) is 24.6 Å². The molecule has 116 valence electrons. The van der Waals surface area contributed by atoms with Crippen LogP contribution in [0.4, 0.5) is 0 Å². The molecule has 1 heterocycles. The third-order valence-corrected chi connectivity index (χ3v) is 6.30. The molecule has 2 saturated carbocycles. The highest BCUT2D eigenvalue weighted by Crippen LogP contribution is 2.65. The van der Waals surface area contributed by atoms with Gasteiger partial charge in [-0.25, -0.2) is 0 Å². The van der Waals surface area contributed by atoms with Gasteiger partial charge in [-0.05, 0) is 29.7 Å². The molecule has 1 aliphatic heterocycles. The van der Waals surface area contributed by atoms with Crippen LogP contribution in [0.1, 0.15) is 46.5 Å². The summed E-state index contributed by atoms with van der Waals surface area (Å²) in [5.41, 5.74) is -0.0319. The van der Waals surface area contributed by atoms with E-state index in [-0.39, 0.29) is 29.9 Å². The minimum atomic E-state index is -0.816. The van der Waals surface area contributed by atoms with E-state index >= 15 is 0 Å². The van der Waals surface area contributed by atoms with Crippen molar-refractivity contribution in [2.24, 2.45) is 22.7 Å². The molecule has 0 amide bonds. The number of cyclic esters (lactones) is 1. The zero-order chi connectivity index (χ0) is 15.4. The lowest BCUT2D eigenvalue weighted by molar-refractivity contribution is -0.162. The van der Waals surface area contributed by atoms with E-state index in [4.69, 9.17) is 9.47 Å². The van der Waals surface area contributed by atoms with Crippen molar-refractivity contribution < 1.29 is 19.1 Å². The molecule has 0 N–H and O–H groups in total. The summed E-state index contributed by atoms with van der Waals surface area (Å²) >= 11 is 0. The number of hydrogen-bond acceptors (Lipinski definition) is 4. The molecule has 3 aliphatic rings. The first-order chi connectivity index (χ1) is 9.82. The topological polar surface area (TPSA) is 52.6 Å². The molecule has 0 aromatic carbocycles. The van der Waals surface area contributed by atoms with Crippen molar-refractivity contribution in [2.75, 3.05) is 6.61 Å². The van der Waals surface area contributed by atoms with Crippen molar-refractivity contribution in [3.63, 3.8) is 0 Å². The van der Waals surface area contributed by atoms with Crippen molar-refractivity contribution in [3.8, 4) is 0 Å². The van der Waals surface area contributed by atoms with Crippen LogP contribution in [-0.2, 0) is 19.1 Å². The van der Waals surface area contributed by atoms with Gasteiger partial charge in [-0.15, -0.1) is 0 Å². The smallest absolute Gasteiger partial charge is 0.320 e. The molecule has 0 aromatic heterocycles. The van der Waals surface area contributed by atoms with Gasteiger partial charge in [0.1, 0.15) is 18.1 Å². The SMILES string of the molecule is C=C1COC(=O)[C@]12C[C@@]1(C)[C@H](CCC[C@@H]1C)C2OC(C)=O. The summed E-state index contributed by atoms with van der Waals surface area (Å²) in [6.07, 6.45) is 3.57. The van der Waals surface area contributed by atoms with E-state index in [1.165, 1.54) is 6.92 Å². The van der Waals surface area contributed by atoms with E-state index in [9.17, 15) is 9.59 Å². The van der Waals surface area contributed by atoms with E-state index in [0.717, 1.165) is 24.8 Å². The molecule has 5 atom stereocenters. The summed E-state index contributed by atoms with van der Waals surface area (Å²) in [5.74, 6) is 0.151. The van der Waals surface area contributed by atoms with E-state index in [1.807, 2.05) is 0 Å². The van der Waals surface area contributed by atoms with Crippen LogP contribution in [0.15, 0.2) is 12.2 Å². The first-order valence-electron chi connectivity index (χ1n) is 7.85. The second kappa shape index (κ2) is 4.59. The van der Waals surface area contributed by atoms with E-state index in [1.54, 1.807) is 0 Å². The van der Waals surface area contributed by atoms with Gasteiger partial charge < -0.3 is 9.47 Å². The molecular formula is C17H24O4. The fourth-order valence-corrected chi connectivity index (χ4v) is 4.95. The van der Waals surface area contributed by atoms with Gasteiger partial charge in [-0.3, -0.25) is 9.59 Å². The molecule has 1 unspecified atom stereocenters. The first-order valence-corrected chi connectivity index (χ1v) is 7.85. The van der Waals surface area contributed by atoms with Gasteiger partial charge in [0.25, 0.3) is 0 Å². The maximum Gasteiger partial charge on any atom is 0.320 e. The Bertz CT molecular complexity index is 493. The minimum absolute atomic E-state index is 0.00463. The number of carbonyl (C=O) groups is 2. The van der Waals surface area contributed by atoms with E-state index < -0.39 is 11.5 Å². The number of esters is 2. The normalized spacial score (nSPS) is 45.6. The second-order valence-corrected chi connectivity index (χ2v) is 7.30. The Labute approximate surface area is 125 Å². The van der Waals surface area contributed by atoms with E-state index in [0.29, 0.717) is 12.3 Å². The number of rotatable bonds is 1. The van der Waals surface area contributed by atoms with Gasteiger partial charge in [-0.1, -0.05) is 33.3 Å². The summed E-state index contributed by atoms with van der Waals surface area (Å²) in [4.78, 5) is 24.1. The van der Waals surface area contributed by atoms with Gasteiger partial charge in [0.2, 0.25) is 0 Å². The predicted molar refractivity (Wildman–Crippen MR) is 77.3 cm³/mol. The third-order valence-electron chi connectivity index (χ3n) is 6.30. The first kappa shape index (κ1) is 14.6. The highest BCUT2D eigenvalue weighted by Gasteiger charge is 2.69. The number of fused-ring (bicyclic) bond motifs is 1. The Hall–Kier alpha value is -1.32. The molecule has 4 heteroatoms. The van der Waals surface area contributed by atoms with E-state index in [2.05, 4.69) is 20.4 Å². The zero-order valence-corrected chi connectivity index (χ0v) is 13.1. The Morgan fingerprint density at radius 3 is 2.71 bits per heavy atom. The highest BCUT2D eigenvalue weighted by atomic mass is 16.6. The lowest BCUT2D eigenvalue weighted by Gasteiger charge is -2.42. The van der Waals surface area contributed by atoms with Crippen LogP contribution in [0.3, 0.4) is 0 Å². The fraction of sp³-hybridized carbons (Fsp3) is 0.765. The molecular weight excluding hydrogens is 268 g/mol. The molecule has 1 spiro atoms. The molecule has 0 radical (unpaired) electrons. The maximum absolute atomic E-state index is 12.5. The number of hydrogen-bond donors (Lipinski definition) is 0. The van der Waals surface area contributed by atoms with Gasteiger partial charge >= 0.3 is 11.9 Å². The largest absolute Gasteiger partial charge is 0.461 e. The summed E-state index contributed by atoms with van der Waals surface area (Å²) in [6.45, 7) is 10.2. The zero-order valence-electron chi connectivity index (χ0n) is 13.1. The molecule has 1 saturated heterocycles. The average molecular weight is 292 g/mol. The summed E-state index contributed by atoms with van der Waals surface area (Å²) in [7, 11) is 0. The van der Waals surface area contributed by atoms with Crippen molar-refractivity contribution in [2.45, 2.75) is 52.6 Å². The average Bonchev–Trinajstić information content (AvgIpc) is 2.83. The quantitative estimate of drug-likeness (QED) is 0.551. The van der Waals surface area contributed by atoms with Gasteiger partial charge in [-0.2, -0.15) is 0 Å². The van der Waals surface area contributed by atoms with Crippen LogP contribution in [0.5, 0.6) is 0 Å². The molecule has 3 rings (SSSR count). The van der Waals surface area contributed by atoms with Crippen LogP contribution < -0.4 is 0 Å². The Morgan fingerprint density at radius 1 is 1.43 bits per heavy atom. The molecule has 0 bridgehead atoms. The summed E-state index contributed by atoms with van der Waals surface area (Å²) in [5, 5.41) is 0. The number of carbonyl (C=O) groups excluding carboxylic acids is 2. The van der Waals surface area contributed by atoms with Gasteiger partial charge in [0, 0.05) is 12.8 Å². The monoisotopic (exact) mass is 292 g/mol. The third kappa shape index (κ3) is 1.80. The highest BCUT2D eigenvalue weighted by molar-refractivity contribution is 5.85. The van der Waals surface area contributed by atoms with Crippen molar-refractivity contribution >= 4 is 11.9 Å². The molecule has 3 fully saturated rings. The molecule has 2 aliphatic carbocycles. The molecule has 0 aromatic rings. The lowest BCUT2D eigenvalue weighted by atomic mass is 9.63. The van der Waals surface area contributed by atoms with Gasteiger partial charge in [0.15, 0.2) is 0 Å². The lowest BCUT2D eigenvalue weighted by Crippen LogP contribution is -2.43. The minimum Gasteiger partial charge on any atom is -0.461 e. The van der Waals surface area contributed by atoms with Crippen molar-refractivity contribution in [1.29, 1.82) is 0 Å². The Balaban J connectivity index is 2.09. The fourth-order valence-electron chi connectivity index (χ4n) is 4.95. The standard InChI is InChI=1S/C17H24O4/c1-10-6-5-7-13-14(21-12(3)18)17(9-16(10,13)4)11(2)8-20-15(17)19/h10,13-14H,2,5-9H2,1,3-4H3/t10-,13+,14?,16+,17+/m0/s1. The van der Waals surface area contributed by atoms with Crippen molar-refractivity contribution in [1.82, 2.24) is 0 Å². The summed E-state index contributed by atoms with van der Waals surface area (Å²) < 4.78 is 10.9. The van der Waals surface area contributed by atoms with Gasteiger partial charge in [0.05, 0.1) is 0 Å². The summed E-state index contributed by atoms with van der Waals surface area (Å²) in [6, 6.07) is 0. The number of ether oxygens (including phenoxy) is 2. The molecule has 4 nitrogen and oxygen atoms in total. The second-order valence-electron chi connectivity index (χ2n) is 7.30. The Morgan fingerprint density at radius 2 is 2.14 bits per heavy atom. The molecule has 21 heavy (non-hydrogen) atoms.